The van der Waals surface area contributed by atoms with E-state index >= 15 is 0 Å². The average molecular weight is 427 g/mol. The van der Waals surface area contributed by atoms with Crippen molar-refractivity contribution in [3.05, 3.63) is 58.7 Å². The molecule has 29 heavy (non-hydrogen) atoms. The summed E-state index contributed by atoms with van der Waals surface area (Å²) in [5.74, 6) is 3.40. The van der Waals surface area contributed by atoms with Gasteiger partial charge in [0, 0.05) is 7.05 Å². The van der Waals surface area contributed by atoms with E-state index in [-0.39, 0.29) is 12.5 Å². The van der Waals surface area contributed by atoms with Crippen LogP contribution in [-0.2, 0) is 4.79 Å². The molecule has 0 radical (unpaired) electrons. The van der Waals surface area contributed by atoms with E-state index in [2.05, 4.69) is 5.92 Å². The molecular weight excluding hydrogens is 408 g/mol. The van der Waals surface area contributed by atoms with E-state index in [0.717, 1.165) is 11.3 Å². The fourth-order valence-electron chi connectivity index (χ4n) is 2.84. The Labute approximate surface area is 180 Å². The number of nitrogens with zero attached hydrogens (tertiary/aromatic N) is 2. The number of rotatable bonds is 6. The van der Waals surface area contributed by atoms with Crippen molar-refractivity contribution in [3.63, 3.8) is 0 Å². The maximum atomic E-state index is 13.1. The molecule has 1 aliphatic heterocycles. The van der Waals surface area contributed by atoms with Crippen LogP contribution in [0.4, 0.5) is 5.69 Å². The molecule has 0 N–H and O–H groups in total. The number of terminal acetylenes is 1. The second-order valence-electron chi connectivity index (χ2n) is 6.12. The Kier molecular flexibility index (Phi) is 6.42. The lowest BCUT2D eigenvalue weighted by Gasteiger charge is -2.16. The summed E-state index contributed by atoms with van der Waals surface area (Å²) in [7, 11) is 1.76. The Morgan fingerprint density at radius 1 is 1.21 bits per heavy atom. The van der Waals surface area contributed by atoms with Crippen molar-refractivity contribution in [1.82, 2.24) is 4.90 Å². The molecular formula is C22H19ClN2O3S. The minimum absolute atomic E-state index is 0.132. The summed E-state index contributed by atoms with van der Waals surface area (Å²) in [5.41, 5.74) is 1.86. The minimum atomic E-state index is -0.217. The summed E-state index contributed by atoms with van der Waals surface area (Å²) in [6.07, 6.45) is 6.93. The summed E-state index contributed by atoms with van der Waals surface area (Å²) in [6, 6.07) is 12.5. The van der Waals surface area contributed by atoms with E-state index in [1.807, 2.05) is 19.1 Å². The van der Waals surface area contributed by atoms with Gasteiger partial charge in [0.25, 0.3) is 5.91 Å². The van der Waals surface area contributed by atoms with E-state index in [4.69, 9.17) is 39.7 Å². The van der Waals surface area contributed by atoms with Gasteiger partial charge in [0.1, 0.15) is 23.8 Å². The second-order valence-corrected chi connectivity index (χ2v) is 6.89. The third-order valence-corrected chi connectivity index (χ3v) is 4.99. The molecule has 1 fully saturated rings. The zero-order valence-corrected chi connectivity index (χ0v) is 17.6. The Morgan fingerprint density at radius 2 is 1.93 bits per heavy atom. The molecule has 3 rings (SSSR count). The number of halogens is 1. The Bertz CT molecular complexity index is 1010. The molecule has 0 spiro atoms. The normalized spacial score (nSPS) is 15.0. The average Bonchev–Trinajstić information content (AvgIpc) is 2.92. The minimum Gasteiger partial charge on any atom is -0.494 e. The van der Waals surface area contributed by atoms with Crippen LogP contribution in [0.25, 0.3) is 6.08 Å². The molecule has 2 aromatic carbocycles. The van der Waals surface area contributed by atoms with E-state index in [9.17, 15) is 4.79 Å². The molecule has 0 aliphatic carbocycles. The first-order valence-corrected chi connectivity index (χ1v) is 9.67. The highest BCUT2D eigenvalue weighted by Crippen LogP contribution is 2.31. The molecule has 0 unspecified atom stereocenters. The first kappa shape index (κ1) is 20.7. The molecule has 1 aliphatic rings. The molecule has 5 nitrogen and oxygen atoms in total. The Morgan fingerprint density at radius 3 is 2.55 bits per heavy atom. The molecule has 0 aromatic heterocycles. The van der Waals surface area contributed by atoms with E-state index < -0.39 is 0 Å². The lowest BCUT2D eigenvalue weighted by Crippen LogP contribution is -2.31. The van der Waals surface area contributed by atoms with Gasteiger partial charge in [-0.1, -0.05) is 23.6 Å². The molecule has 0 bridgehead atoms. The smallest absolute Gasteiger partial charge is 0.281 e. The van der Waals surface area contributed by atoms with Crippen LogP contribution in [0, 0.1) is 12.3 Å². The van der Waals surface area contributed by atoms with E-state index in [0.29, 0.717) is 33.9 Å². The lowest BCUT2D eigenvalue weighted by atomic mass is 10.1. The standard InChI is InChI=1S/C22H19ClN2O3S/c1-4-12-28-20-11-6-15(13-18(20)23)14-19-21(26)25(22(29)24(19)3)16-7-9-17(10-8-16)27-5-2/h1,6-11,13-14H,5,12H2,2-3H3/b19-14-. The van der Waals surface area contributed by atoms with Crippen LogP contribution in [0.2, 0.25) is 5.02 Å². The predicted octanol–water partition coefficient (Wildman–Crippen LogP) is 4.36. The van der Waals surface area contributed by atoms with Gasteiger partial charge in [-0.25, -0.2) is 0 Å². The summed E-state index contributed by atoms with van der Waals surface area (Å²) in [6.45, 7) is 2.62. The third-order valence-electron chi connectivity index (χ3n) is 4.24. The SMILES string of the molecule is C#CCOc1ccc(/C=C2/C(=O)N(c3ccc(OCC)cc3)C(=S)N2C)cc1Cl. The quantitative estimate of drug-likeness (QED) is 0.390. The fraction of sp³-hybridized carbons (Fsp3) is 0.182. The van der Waals surface area contributed by atoms with Gasteiger partial charge in [-0.05, 0) is 67.2 Å². The van der Waals surface area contributed by atoms with Crippen molar-refractivity contribution in [2.24, 2.45) is 0 Å². The maximum Gasteiger partial charge on any atom is 0.281 e. The van der Waals surface area contributed by atoms with Gasteiger partial charge < -0.3 is 14.4 Å². The molecule has 148 valence electrons. The molecule has 0 saturated carbocycles. The topological polar surface area (TPSA) is 42.0 Å². The van der Waals surface area contributed by atoms with Gasteiger partial charge in [-0.2, -0.15) is 0 Å². The highest BCUT2D eigenvalue weighted by atomic mass is 35.5. The largest absolute Gasteiger partial charge is 0.494 e. The number of carbonyl (C=O) groups excluding carboxylic acids is 1. The van der Waals surface area contributed by atoms with E-state index in [1.54, 1.807) is 48.4 Å². The van der Waals surface area contributed by atoms with Crippen molar-refractivity contribution in [2.75, 3.05) is 25.2 Å². The maximum absolute atomic E-state index is 13.1. The summed E-state index contributed by atoms with van der Waals surface area (Å²) in [5, 5.41) is 0.805. The molecule has 7 heteroatoms. The van der Waals surface area contributed by atoms with Gasteiger partial charge in [0.15, 0.2) is 5.11 Å². The molecule has 0 atom stereocenters. The van der Waals surface area contributed by atoms with Crippen LogP contribution in [-0.4, -0.2) is 36.2 Å². The number of thiocarbonyl (C=S) groups is 1. The van der Waals surface area contributed by atoms with Crippen molar-refractivity contribution in [3.8, 4) is 23.8 Å². The van der Waals surface area contributed by atoms with Gasteiger partial charge in [0.05, 0.1) is 17.3 Å². The number of carbonyl (C=O) groups is 1. The van der Waals surface area contributed by atoms with Crippen molar-refractivity contribution < 1.29 is 14.3 Å². The zero-order valence-electron chi connectivity index (χ0n) is 16.0. The van der Waals surface area contributed by atoms with Crippen molar-refractivity contribution in [2.45, 2.75) is 6.92 Å². The second kappa shape index (κ2) is 8.99. The van der Waals surface area contributed by atoms with Crippen molar-refractivity contribution in [1.29, 1.82) is 0 Å². The Balaban J connectivity index is 1.87. The summed E-state index contributed by atoms with van der Waals surface area (Å²) >= 11 is 11.7. The number of hydrogen-bond acceptors (Lipinski definition) is 4. The van der Waals surface area contributed by atoms with Gasteiger partial charge in [0.2, 0.25) is 0 Å². The molecule has 1 amide bonds. The highest BCUT2D eigenvalue weighted by molar-refractivity contribution is 7.80. The highest BCUT2D eigenvalue weighted by Gasteiger charge is 2.36. The lowest BCUT2D eigenvalue weighted by molar-refractivity contribution is -0.114. The first-order valence-electron chi connectivity index (χ1n) is 8.88. The van der Waals surface area contributed by atoms with Crippen molar-refractivity contribution >= 4 is 46.6 Å². The van der Waals surface area contributed by atoms with Crippen LogP contribution in [0.1, 0.15) is 12.5 Å². The number of hydrogen-bond donors (Lipinski definition) is 0. The van der Waals surface area contributed by atoms with Gasteiger partial charge in [-0.3, -0.25) is 9.69 Å². The number of amides is 1. The van der Waals surface area contributed by atoms with Crippen LogP contribution < -0.4 is 14.4 Å². The number of ether oxygens (including phenoxy) is 2. The van der Waals surface area contributed by atoms with Crippen LogP contribution in [0.15, 0.2) is 48.2 Å². The monoisotopic (exact) mass is 426 g/mol. The number of likely N-dealkylation sites (N-methyl/N-ethyl adjacent to an activating group) is 1. The van der Waals surface area contributed by atoms with Gasteiger partial charge >= 0.3 is 0 Å². The van der Waals surface area contributed by atoms with Crippen LogP contribution in [0.5, 0.6) is 11.5 Å². The number of anilines is 1. The zero-order chi connectivity index (χ0) is 21.0. The summed E-state index contributed by atoms with van der Waals surface area (Å²) < 4.78 is 10.8. The first-order chi connectivity index (χ1) is 14.0. The molecule has 1 heterocycles. The molecule has 1 saturated heterocycles. The predicted molar refractivity (Wildman–Crippen MR) is 119 cm³/mol. The van der Waals surface area contributed by atoms with Crippen LogP contribution >= 0.6 is 23.8 Å². The van der Waals surface area contributed by atoms with Gasteiger partial charge in [-0.15, -0.1) is 6.42 Å². The fourth-order valence-corrected chi connectivity index (χ4v) is 3.37. The van der Waals surface area contributed by atoms with E-state index in [1.165, 1.54) is 4.90 Å². The third kappa shape index (κ3) is 4.37. The molecule has 2 aromatic rings. The Hall–Kier alpha value is -3.01. The summed E-state index contributed by atoms with van der Waals surface area (Å²) in [4.78, 5) is 16.2. The number of benzene rings is 2. The van der Waals surface area contributed by atoms with Crippen LogP contribution in [0.3, 0.4) is 0 Å².